The summed E-state index contributed by atoms with van der Waals surface area (Å²) < 4.78 is 0. The second-order valence-electron chi connectivity index (χ2n) is 0.888. The van der Waals surface area contributed by atoms with E-state index in [9.17, 15) is 0 Å². The lowest BCUT2D eigenvalue weighted by Crippen LogP contribution is -1.40. The molecule has 0 saturated carbocycles. The van der Waals surface area contributed by atoms with Crippen LogP contribution in [-0.2, 0) is 0 Å². The molecule has 0 fully saturated rings. The molecule has 0 heterocycles. The van der Waals surface area contributed by atoms with Gasteiger partial charge in [0.1, 0.15) is 0 Å². The number of hydrogen-bond acceptors (Lipinski definition) is 0. The molecule has 0 aromatic rings. The maximum absolute atomic E-state index is 3.08. The summed E-state index contributed by atoms with van der Waals surface area (Å²) in [6.07, 6.45) is 3.01. The van der Waals surface area contributed by atoms with E-state index in [-0.39, 0.29) is 0 Å². The molecule has 0 bridgehead atoms. The second kappa shape index (κ2) is 5.00. The highest BCUT2D eigenvalue weighted by Crippen LogP contribution is 1.79. The summed E-state index contributed by atoms with van der Waals surface area (Å²) in [5.74, 6) is 0. The Kier molecular flexibility index (Phi) is 5.00. The van der Waals surface area contributed by atoms with Crippen LogP contribution >= 0.6 is 15.9 Å². The molecule has 0 saturated heterocycles. The van der Waals surface area contributed by atoms with Crippen LogP contribution in [0.4, 0.5) is 0 Å². The van der Waals surface area contributed by atoms with Gasteiger partial charge >= 0.3 is 0 Å². The predicted octanol–water partition coefficient (Wildman–Crippen LogP) is 2.46. The zero-order chi connectivity index (χ0) is 4.83. The third-order valence-electron chi connectivity index (χ3n) is 0.385. The standard InChI is InChI=1S/C5H7Br/c1-2-3-4-5-6/h3,5H,2H2,1H3. The normalized spacial score (nSPS) is 6.33. The van der Waals surface area contributed by atoms with Gasteiger partial charge in [-0.1, -0.05) is 22.9 Å². The van der Waals surface area contributed by atoms with Crippen molar-refractivity contribution >= 4 is 15.9 Å². The van der Waals surface area contributed by atoms with Crippen molar-refractivity contribution in [3.63, 3.8) is 0 Å². The molecule has 0 rings (SSSR count). The predicted molar refractivity (Wildman–Crippen MR) is 31.9 cm³/mol. The largest absolute Gasteiger partial charge is 0.118 e. The van der Waals surface area contributed by atoms with Crippen LogP contribution in [0, 0.1) is 0 Å². The van der Waals surface area contributed by atoms with Crippen LogP contribution in [-0.4, -0.2) is 0 Å². The first-order valence-corrected chi connectivity index (χ1v) is 2.83. The topological polar surface area (TPSA) is 0 Å². The van der Waals surface area contributed by atoms with Crippen LogP contribution in [0.25, 0.3) is 0 Å². The number of halogens is 1. The van der Waals surface area contributed by atoms with E-state index in [2.05, 4.69) is 28.6 Å². The third-order valence-corrected chi connectivity index (χ3v) is 0.649. The van der Waals surface area contributed by atoms with Gasteiger partial charge in [-0.3, -0.25) is 0 Å². The van der Waals surface area contributed by atoms with Crippen LogP contribution in [0.3, 0.4) is 0 Å². The van der Waals surface area contributed by atoms with Gasteiger partial charge in [-0.05, 0) is 12.5 Å². The van der Waals surface area contributed by atoms with Crippen LogP contribution in [0.5, 0.6) is 0 Å². The Bertz CT molecular complexity index is 68.0. The van der Waals surface area contributed by atoms with Gasteiger partial charge in [-0.25, -0.2) is 0 Å². The number of rotatable bonds is 1. The van der Waals surface area contributed by atoms with E-state index >= 15 is 0 Å². The van der Waals surface area contributed by atoms with E-state index in [4.69, 9.17) is 0 Å². The highest BCUT2D eigenvalue weighted by Gasteiger charge is 1.52. The fraction of sp³-hybridized carbons (Fsp3) is 0.400. The Morgan fingerprint density at radius 1 is 1.83 bits per heavy atom. The molecule has 0 aromatic heterocycles. The zero-order valence-corrected chi connectivity index (χ0v) is 5.33. The summed E-state index contributed by atoms with van der Waals surface area (Å²) in [6, 6.07) is 0. The molecule has 6 heavy (non-hydrogen) atoms. The molecule has 0 spiro atoms. The minimum atomic E-state index is 1.06. The molecule has 0 aromatic carbocycles. The highest BCUT2D eigenvalue weighted by molar-refractivity contribution is 9.11. The lowest BCUT2D eigenvalue weighted by Gasteiger charge is -1.61. The smallest absolute Gasteiger partial charge is 0.0228 e. The van der Waals surface area contributed by atoms with Gasteiger partial charge in [-0.2, -0.15) is 0 Å². The van der Waals surface area contributed by atoms with Crippen LogP contribution in [0.15, 0.2) is 16.8 Å². The van der Waals surface area contributed by atoms with Gasteiger partial charge < -0.3 is 0 Å². The Labute approximate surface area is 46.7 Å². The maximum Gasteiger partial charge on any atom is 0.0228 e. The lowest BCUT2D eigenvalue weighted by atomic mass is 10.5. The molecule has 0 atom stereocenters. The summed E-state index contributed by atoms with van der Waals surface area (Å²) in [4.78, 5) is 1.72. The summed E-state index contributed by atoms with van der Waals surface area (Å²) in [5, 5.41) is 0. The van der Waals surface area contributed by atoms with Crippen molar-refractivity contribution in [3.05, 3.63) is 16.8 Å². The van der Waals surface area contributed by atoms with Gasteiger partial charge in [0.15, 0.2) is 0 Å². The molecule has 0 unspecified atom stereocenters. The van der Waals surface area contributed by atoms with Crippen molar-refractivity contribution in [3.8, 4) is 0 Å². The Morgan fingerprint density at radius 3 is 2.67 bits per heavy atom. The first-order valence-electron chi connectivity index (χ1n) is 1.91. The summed E-state index contributed by atoms with van der Waals surface area (Å²) in [6.45, 7) is 2.07. The fourth-order valence-corrected chi connectivity index (χ4v) is 0.349. The molecule has 0 aliphatic heterocycles. The molecule has 0 aliphatic rings. The van der Waals surface area contributed by atoms with Crippen LogP contribution < -0.4 is 0 Å². The molecule has 0 aliphatic carbocycles. The average molecular weight is 147 g/mol. The Morgan fingerprint density at radius 2 is 2.50 bits per heavy atom. The van der Waals surface area contributed by atoms with Crippen LogP contribution in [0.1, 0.15) is 13.3 Å². The minimum Gasteiger partial charge on any atom is -0.118 e. The van der Waals surface area contributed by atoms with Crippen molar-refractivity contribution < 1.29 is 0 Å². The quantitative estimate of drug-likeness (QED) is 0.499. The van der Waals surface area contributed by atoms with E-state index < -0.39 is 0 Å². The highest BCUT2D eigenvalue weighted by atomic mass is 79.9. The maximum atomic E-state index is 3.08. The average Bonchev–Trinajstić information content (AvgIpc) is 1.61. The van der Waals surface area contributed by atoms with E-state index in [1.54, 1.807) is 4.99 Å². The molecule has 1 heteroatoms. The first kappa shape index (κ1) is 6.00. The fourth-order valence-electron chi connectivity index (χ4n) is 0.162. The molecule has 34 valence electrons. The van der Waals surface area contributed by atoms with Gasteiger partial charge in [0.05, 0.1) is 0 Å². The van der Waals surface area contributed by atoms with E-state index in [1.807, 2.05) is 6.08 Å². The molecule has 0 nitrogen and oxygen atoms in total. The van der Waals surface area contributed by atoms with Gasteiger partial charge in [-0.15, -0.1) is 5.73 Å². The summed E-state index contributed by atoms with van der Waals surface area (Å²) in [5.41, 5.74) is 2.86. The van der Waals surface area contributed by atoms with Crippen molar-refractivity contribution in [2.45, 2.75) is 13.3 Å². The van der Waals surface area contributed by atoms with Crippen molar-refractivity contribution in [2.24, 2.45) is 0 Å². The molecular formula is C5H7Br. The second-order valence-corrected chi connectivity index (χ2v) is 1.35. The molecule has 0 amide bonds. The van der Waals surface area contributed by atoms with Crippen LogP contribution in [0.2, 0.25) is 0 Å². The third kappa shape index (κ3) is 4.00. The Balaban J connectivity index is 3.18. The zero-order valence-electron chi connectivity index (χ0n) is 3.74. The molecule has 0 N–H and O–H groups in total. The van der Waals surface area contributed by atoms with Gasteiger partial charge in [0, 0.05) is 4.99 Å². The Hall–Kier alpha value is 0. The molecular weight excluding hydrogens is 140 g/mol. The number of hydrogen-bond donors (Lipinski definition) is 0. The van der Waals surface area contributed by atoms with E-state index in [0.29, 0.717) is 0 Å². The summed E-state index contributed by atoms with van der Waals surface area (Å²) >= 11 is 3.08. The number of allylic oxidation sites excluding steroid dienone is 1. The van der Waals surface area contributed by atoms with Crippen molar-refractivity contribution in [1.29, 1.82) is 0 Å². The van der Waals surface area contributed by atoms with Gasteiger partial charge in [0.25, 0.3) is 0 Å². The summed E-state index contributed by atoms with van der Waals surface area (Å²) in [7, 11) is 0. The lowest BCUT2D eigenvalue weighted by molar-refractivity contribution is 1.23. The SMILES string of the molecule is CCC=C=CBr. The van der Waals surface area contributed by atoms with Gasteiger partial charge in [0.2, 0.25) is 0 Å². The van der Waals surface area contributed by atoms with E-state index in [1.165, 1.54) is 0 Å². The van der Waals surface area contributed by atoms with E-state index in [0.717, 1.165) is 6.42 Å². The van der Waals surface area contributed by atoms with Crippen molar-refractivity contribution in [1.82, 2.24) is 0 Å². The first-order chi connectivity index (χ1) is 2.91. The monoisotopic (exact) mass is 146 g/mol. The van der Waals surface area contributed by atoms with Crippen molar-refractivity contribution in [2.75, 3.05) is 0 Å². The molecule has 0 radical (unpaired) electrons. The minimum absolute atomic E-state index is 1.06.